The van der Waals surface area contributed by atoms with Crippen molar-refractivity contribution in [3.05, 3.63) is 17.7 Å². The van der Waals surface area contributed by atoms with Crippen molar-refractivity contribution >= 4 is 0 Å². The molecule has 0 bridgehead atoms. The van der Waals surface area contributed by atoms with Crippen LogP contribution in [0.3, 0.4) is 0 Å². The Morgan fingerprint density at radius 2 is 1.77 bits per heavy atom. The molecule has 0 radical (unpaired) electrons. The summed E-state index contributed by atoms with van der Waals surface area (Å²) in [7, 11) is 6.63. The van der Waals surface area contributed by atoms with Crippen LogP contribution in [0.5, 0.6) is 17.2 Å². The van der Waals surface area contributed by atoms with E-state index in [4.69, 9.17) is 18.9 Å². The molecule has 1 saturated heterocycles. The Morgan fingerprint density at radius 1 is 1.09 bits per heavy atom. The molecule has 6 nitrogen and oxygen atoms in total. The molecule has 0 spiro atoms. The molecule has 1 heterocycles. The Kier molecular flexibility index (Phi) is 6.30. The van der Waals surface area contributed by atoms with Crippen LogP contribution >= 0.6 is 0 Å². The van der Waals surface area contributed by atoms with Gasteiger partial charge < -0.3 is 24.3 Å². The first-order valence-corrected chi connectivity index (χ1v) is 7.45. The molecule has 0 amide bonds. The van der Waals surface area contributed by atoms with Crippen molar-refractivity contribution in [1.29, 1.82) is 0 Å². The first kappa shape index (κ1) is 16.9. The molecule has 1 aliphatic heterocycles. The summed E-state index contributed by atoms with van der Waals surface area (Å²) >= 11 is 0. The zero-order valence-corrected chi connectivity index (χ0v) is 13.8. The molecule has 124 valence electrons. The fourth-order valence-electron chi connectivity index (χ4n) is 2.84. The van der Waals surface area contributed by atoms with Crippen LogP contribution in [0.4, 0.5) is 0 Å². The lowest BCUT2D eigenvalue weighted by Gasteiger charge is -2.33. The fourth-order valence-corrected chi connectivity index (χ4v) is 2.84. The van der Waals surface area contributed by atoms with Gasteiger partial charge in [-0.1, -0.05) is 0 Å². The number of hydrogen-bond acceptors (Lipinski definition) is 6. The summed E-state index contributed by atoms with van der Waals surface area (Å²) in [5.41, 5.74) is 1.15. The van der Waals surface area contributed by atoms with Crippen molar-refractivity contribution in [1.82, 2.24) is 10.2 Å². The van der Waals surface area contributed by atoms with E-state index in [1.54, 1.807) is 28.4 Å². The second-order valence-electron chi connectivity index (χ2n) is 5.38. The maximum absolute atomic E-state index is 5.41. The average Bonchev–Trinajstić information content (AvgIpc) is 2.54. The van der Waals surface area contributed by atoms with Crippen LogP contribution < -0.4 is 19.5 Å². The monoisotopic (exact) mass is 310 g/mol. The molecule has 2 rings (SSSR count). The lowest BCUT2D eigenvalue weighted by atomic mass is 10.1. The molecule has 1 atom stereocenters. The largest absolute Gasteiger partial charge is 0.493 e. The van der Waals surface area contributed by atoms with Crippen LogP contribution in [0, 0.1) is 0 Å². The maximum atomic E-state index is 5.41. The van der Waals surface area contributed by atoms with Crippen LogP contribution in [0.25, 0.3) is 0 Å². The Labute approximate surface area is 132 Å². The Hall–Kier alpha value is -1.50. The van der Waals surface area contributed by atoms with E-state index in [0.29, 0.717) is 23.3 Å². The molecule has 0 aromatic heterocycles. The third kappa shape index (κ3) is 4.03. The summed E-state index contributed by atoms with van der Waals surface area (Å²) in [6.07, 6.45) is 0. The van der Waals surface area contributed by atoms with Gasteiger partial charge in [0.15, 0.2) is 11.5 Å². The normalized spacial score (nSPS) is 19.0. The lowest BCUT2D eigenvalue weighted by Crippen LogP contribution is -2.52. The number of methoxy groups -OCH3 is 4. The minimum atomic E-state index is 0.376. The number of benzene rings is 1. The standard InChI is InChI=1S/C16H26N2O4/c1-19-11-13-10-18(6-5-17-13)9-12-7-14(20-2)16(22-4)15(8-12)21-3/h7-8,13,17H,5-6,9-11H2,1-4H3. The fraction of sp³-hybridized carbons (Fsp3) is 0.625. The molecular weight excluding hydrogens is 284 g/mol. The van der Waals surface area contributed by atoms with E-state index in [-0.39, 0.29) is 0 Å². The lowest BCUT2D eigenvalue weighted by molar-refractivity contribution is 0.112. The van der Waals surface area contributed by atoms with Crippen LogP contribution in [0.1, 0.15) is 5.56 Å². The van der Waals surface area contributed by atoms with Gasteiger partial charge in [0.2, 0.25) is 5.75 Å². The minimum absolute atomic E-state index is 0.376. The van der Waals surface area contributed by atoms with E-state index < -0.39 is 0 Å². The highest BCUT2D eigenvalue weighted by Gasteiger charge is 2.20. The van der Waals surface area contributed by atoms with Crippen LogP contribution in [-0.4, -0.2) is 65.6 Å². The van der Waals surface area contributed by atoms with E-state index >= 15 is 0 Å². The van der Waals surface area contributed by atoms with Gasteiger partial charge in [-0.15, -0.1) is 0 Å². The van der Waals surface area contributed by atoms with Crippen molar-refractivity contribution in [3.8, 4) is 17.2 Å². The van der Waals surface area contributed by atoms with E-state index in [1.165, 1.54) is 0 Å². The third-order valence-electron chi connectivity index (χ3n) is 3.84. The zero-order valence-electron chi connectivity index (χ0n) is 13.8. The summed E-state index contributed by atoms with van der Waals surface area (Å²) in [4.78, 5) is 2.40. The van der Waals surface area contributed by atoms with Gasteiger partial charge in [-0.25, -0.2) is 0 Å². The van der Waals surface area contributed by atoms with Gasteiger partial charge in [-0.05, 0) is 17.7 Å². The van der Waals surface area contributed by atoms with Crippen LogP contribution in [-0.2, 0) is 11.3 Å². The van der Waals surface area contributed by atoms with Gasteiger partial charge in [0.05, 0.1) is 27.9 Å². The van der Waals surface area contributed by atoms with Gasteiger partial charge in [-0.2, -0.15) is 0 Å². The van der Waals surface area contributed by atoms with Gasteiger partial charge >= 0.3 is 0 Å². The predicted molar refractivity (Wildman–Crippen MR) is 85.0 cm³/mol. The third-order valence-corrected chi connectivity index (χ3v) is 3.84. The van der Waals surface area contributed by atoms with Crippen LogP contribution in [0.2, 0.25) is 0 Å². The molecule has 1 aromatic carbocycles. The smallest absolute Gasteiger partial charge is 0.203 e. The molecule has 1 fully saturated rings. The molecule has 0 aliphatic carbocycles. The maximum Gasteiger partial charge on any atom is 0.203 e. The average molecular weight is 310 g/mol. The number of rotatable bonds is 7. The molecular formula is C16H26N2O4. The summed E-state index contributed by atoms with van der Waals surface area (Å²) in [5, 5.41) is 3.46. The Bertz CT molecular complexity index is 454. The molecule has 1 aliphatic rings. The number of nitrogens with one attached hydrogen (secondary N) is 1. The second-order valence-corrected chi connectivity index (χ2v) is 5.38. The second kappa shape index (κ2) is 8.22. The summed E-state index contributed by atoms with van der Waals surface area (Å²) in [6, 6.07) is 4.39. The van der Waals surface area contributed by atoms with Gasteiger partial charge in [0.1, 0.15) is 0 Å². The summed E-state index contributed by atoms with van der Waals surface area (Å²) < 4.78 is 21.4. The predicted octanol–water partition coefficient (Wildman–Crippen LogP) is 1.13. The zero-order chi connectivity index (χ0) is 15.9. The highest BCUT2D eigenvalue weighted by Crippen LogP contribution is 2.38. The highest BCUT2D eigenvalue weighted by atomic mass is 16.5. The Balaban J connectivity index is 2.11. The minimum Gasteiger partial charge on any atom is -0.493 e. The number of hydrogen-bond donors (Lipinski definition) is 1. The van der Waals surface area contributed by atoms with Gasteiger partial charge in [0.25, 0.3) is 0 Å². The van der Waals surface area contributed by atoms with E-state index in [0.717, 1.165) is 38.3 Å². The molecule has 1 aromatic rings. The summed E-state index contributed by atoms with van der Waals surface area (Å²) in [5.74, 6) is 2.02. The van der Waals surface area contributed by atoms with Gasteiger partial charge in [0, 0.05) is 39.3 Å². The molecule has 22 heavy (non-hydrogen) atoms. The van der Waals surface area contributed by atoms with Crippen molar-refractivity contribution in [3.63, 3.8) is 0 Å². The van der Waals surface area contributed by atoms with E-state index in [9.17, 15) is 0 Å². The topological polar surface area (TPSA) is 52.2 Å². The molecule has 1 unspecified atom stereocenters. The highest BCUT2D eigenvalue weighted by molar-refractivity contribution is 5.53. The van der Waals surface area contributed by atoms with E-state index in [2.05, 4.69) is 10.2 Å². The molecule has 1 N–H and O–H groups in total. The first-order valence-electron chi connectivity index (χ1n) is 7.45. The molecule has 0 saturated carbocycles. The SMILES string of the molecule is COCC1CN(Cc2cc(OC)c(OC)c(OC)c2)CCN1. The quantitative estimate of drug-likeness (QED) is 0.815. The van der Waals surface area contributed by atoms with Crippen molar-refractivity contribution in [2.24, 2.45) is 0 Å². The number of ether oxygens (including phenoxy) is 4. The van der Waals surface area contributed by atoms with Crippen molar-refractivity contribution in [2.75, 3.05) is 54.7 Å². The summed E-state index contributed by atoms with van der Waals surface area (Å²) in [6.45, 7) is 4.52. The van der Waals surface area contributed by atoms with Crippen molar-refractivity contribution < 1.29 is 18.9 Å². The van der Waals surface area contributed by atoms with Gasteiger partial charge in [-0.3, -0.25) is 4.90 Å². The van der Waals surface area contributed by atoms with E-state index in [1.807, 2.05) is 12.1 Å². The number of piperazine rings is 1. The first-order chi connectivity index (χ1) is 10.7. The Morgan fingerprint density at radius 3 is 2.32 bits per heavy atom. The number of nitrogens with zero attached hydrogens (tertiary/aromatic N) is 1. The molecule has 6 heteroatoms. The van der Waals surface area contributed by atoms with Crippen LogP contribution in [0.15, 0.2) is 12.1 Å². The van der Waals surface area contributed by atoms with Crippen molar-refractivity contribution in [2.45, 2.75) is 12.6 Å².